The van der Waals surface area contributed by atoms with Crippen molar-refractivity contribution in [2.75, 3.05) is 0 Å². The maximum atomic E-state index is 10.2. The van der Waals surface area contributed by atoms with Crippen molar-refractivity contribution in [3.63, 3.8) is 0 Å². The van der Waals surface area contributed by atoms with Crippen LogP contribution in [0.15, 0.2) is 0 Å². The van der Waals surface area contributed by atoms with Crippen LogP contribution in [0.5, 0.6) is 0 Å². The van der Waals surface area contributed by atoms with Gasteiger partial charge < -0.3 is 19.8 Å². The molecule has 1 N–H and O–H groups in total. The van der Waals surface area contributed by atoms with Crippen LogP contribution in [-0.2, 0) is 19.7 Å². The average Bonchev–Trinajstić information content (AvgIpc) is 2.31. The fourth-order valence-corrected chi connectivity index (χ4v) is 1.91. The monoisotopic (exact) mass is 356 g/mol. The summed E-state index contributed by atoms with van der Waals surface area (Å²) < 4.78 is 28.5. The molecule has 0 aliphatic rings. The Balaban J connectivity index is -0.000000144. The van der Waals surface area contributed by atoms with E-state index in [4.69, 9.17) is 4.55 Å². The summed E-state index contributed by atoms with van der Waals surface area (Å²) >= 11 is 0. The van der Waals surface area contributed by atoms with Gasteiger partial charge in [0.05, 0.1) is 5.97 Å². The van der Waals surface area contributed by atoms with E-state index in [0.29, 0.717) is 0 Å². The molecule has 0 rings (SSSR count). The second kappa shape index (κ2) is 18.2. The number of hydrogen-bond acceptors (Lipinski definition) is 6. The number of carboxylic acid groups (broad SMARTS) is 2. The predicted octanol–water partition coefficient (Wildman–Crippen LogP) is -6.49. The van der Waals surface area contributed by atoms with E-state index < -0.39 is 33.7 Å². The number of carbonyl (C=O) groups excluding carboxylic acids is 2. The molecular weight excluding hydrogens is 334 g/mol. The first-order valence-electron chi connectivity index (χ1n) is 6.53. The Kier molecular flexibility index (Phi) is 25.4. The molecule has 0 saturated carbocycles. The molecule has 1 unspecified atom stereocenters. The molecule has 0 spiro atoms. The van der Waals surface area contributed by atoms with E-state index in [1.807, 2.05) is 0 Å². The molecule has 22 heavy (non-hydrogen) atoms. The normalized spacial score (nSPS) is 11.0. The fraction of sp³-hybridized carbons (Fsp3) is 0.833. The number of carbonyl (C=O) groups is 2. The van der Waals surface area contributed by atoms with Gasteiger partial charge in [-0.2, -0.15) is 8.42 Å². The summed E-state index contributed by atoms with van der Waals surface area (Å²) in [6, 6.07) is 0. The van der Waals surface area contributed by atoms with Gasteiger partial charge in [-0.25, -0.2) is 0 Å². The topological polar surface area (TPSA) is 135 Å². The zero-order chi connectivity index (χ0) is 16.2. The summed E-state index contributed by atoms with van der Waals surface area (Å²) in [5.41, 5.74) is 0. The molecule has 0 heterocycles. The molecule has 0 aliphatic carbocycles. The molecule has 0 aliphatic heterocycles. The van der Waals surface area contributed by atoms with Gasteiger partial charge in [-0.1, -0.05) is 52.4 Å². The number of hydrogen-bond donors (Lipinski definition) is 1. The maximum Gasteiger partial charge on any atom is 1.00 e. The molecule has 10 heteroatoms. The number of rotatable bonds is 9. The van der Waals surface area contributed by atoms with Crippen molar-refractivity contribution in [2.24, 2.45) is 0 Å². The second-order valence-electron chi connectivity index (χ2n) is 4.31. The van der Waals surface area contributed by atoms with Crippen LogP contribution in [0, 0.1) is 0 Å². The Bertz CT molecular complexity index is 379. The van der Waals surface area contributed by atoms with Gasteiger partial charge in [0.25, 0.3) is 10.1 Å². The minimum atomic E-state index is -4.94. The molecule has 7 nitrogen and oxygen atoms in total. The minimum Gasteiger partial charge on any atom is -0.550 e. The second-order valence-corrected chi connectivity index (χ2v) is 5.91. The van der Waals surface area contributed by atoms with E-state index in [-0.39, 0.29) is 59.1 Å². The van der Waals surface area contributed by atoms with Crippen LogP contribution >= 0.6 is 0 Å². The van der Waals surface area contributed by atoms with Gasteiger partial charge in [-0.05, 0) is 0 Å². The minimum absolute atomic E-state index is 0. The largest absolute Gasteiger partial charge is 1.00 e. The van der Waals surface area contributed by atoms with E-state index in [1.54, 1.807) is 0 Å². The quantitative estimate of drug-likeness (QED) is 0.247. The van der Waals surface area contributed by atoms with Crippen LogP contribution in [0.4, 0.5) is 0 Å². The molecular formula is C12H22Na2O7S. The van der Waals surface area contributed by atoms with Crippen molar-refractivity contribution in [1.29, 1.82) is 0 Å². The maximum absolute atomic E-state index is 10.2. The summed E-state index contributed by atoms with van der Waals surface area (Å²) in [4.78, 5) is 19.7. The van der Waals surface area contributed by atoms with Gasteiger partial charge >= 0.3 is 59.1 Å². The van der Waals surface area contributed by atoms with E-state index in [1.165, 1.54) is 38.5 Å². The van der Waals surface area contributed by atoms with Gasteiger partial charge in [-0.15, -0.1) is 0 Å². The van der Waals surface area contributed by atoms with Gasteiger partial charge in [0.1, 0.15) is 5.25 Å². The Morgan fingerprint density at radius 2 is 1.32 bits per heavy atom. The number of unbranched alkanes of at least 4 members (excludes halogenated alkanes) is 5. The van der Waals surface area contributed by atoms with Crippen LogP contribution in [-0.4, -0.2) is 30.2 Å². The first kappa shape index (κ1) is 30.7. The first-order valence-corrected chi connectivity index (χ1v) is 8.04. The number of aliphatic carboxylic acids is 2. The van der Waals surface area contributed by atoms with Crippen LogP contribution in [0.3, 0.4) is 0 Å². The van der Waals surface area contributed by atoms with Crippen molar-refractivity contribution >= 4 is 22.1 Å². The Morgan fingerprint density at radius 3 is 1.45 bits per heavy atom. The van der Waals surface area contributed by atoms with Gasteiger partial charge in [0.2, 0.25) is 0 Å². The Hall–Kier alpha value is 0.850. The molecule has 120 valence electrons. The summed E-state index contributed by atoms with van der Waals surface area (Å²) in [6.45, 7) is 4.51. The van der Waals surface area contributed by atoms with Crippen molar-refractivity contribution in [1.82, 2.24) is 0 Å². The van der Waals surface area contributed by atoms with Crippen LogP contribution < -0.4 is 69.3 Å². The van der Waals surface area contributed by atoms with Gasteiger partial charge in [0, 0.05) is 12.4 Å². The molecule has 1 atom stereocenters. The van der Waals surface area contributed by atoms with Crippen molar-refractivity contribution in [3.8, 4) is 0 Å². The summed E-state index contributed by atoms with van der Waals surface area (Å²) in [6.07, 6.45) is 7.16. The van der Waals surface area contributed by atoms with E-state index in [9.17, 15) is 28.2 Å². The van der Waals surface area contributed by atoms with Crippen LogP contribution in [0.2, 0.25) is 0 Å². The van der Waals surface area contributed by atoms with E-state index in [0.717, 1.165) is 0 Å². The van der Waals surface area contributed by atoms with E-state index >= 15 is 0 Å². The Morgan fingerprint density at radius 1 is 0.955 bits per heavy atom. The van der Waals surface area contributed by atoms with Crippen LogP contribution in [0.25, 0.3) is 0 Å². The molecule has 0 aromatic carbocycles. The molecule has 0 saturated heterocycles. The van der Waals surface area contributed by atoms with E-state index in [2.05, 4.69) is 13.8 Å². The molecule has 0 bridgehead atoms. The third-order valence-electron chi connectivity index (χ3n) is 2.43. The molecule has 0 aromatic heterocycles. The van der Waals surface area contributed by atoms with Gasteiger partial charge in [0.15, 0.2) is 0 Å². The van der Waals surface area contributed by atoms with Crippen molar-refractivity contribution in [3.05, 3.63) is 0 Å². The predicted molar refractivity (Wildman–Crippen MR) is 69.0 cm³/mol. The summed E-state index contributed by atoms with van der Waals surface area (Å²) in [5, 5.41) is 17.3. The third-order valence-corrected chi connectivity index (χ3v) is 3.51. The third kappa shape index (κ3) is 20.9. The average molecular weight is 356 g/mol. The first-order chi connectivity index (χ1) is 9.16. The fourth-order valence-electron chi connectivity index (χ4n) is 1.32. The molecule has 0 radical (unpaired) electrons. The van der Waals surface area contributed by atoms with Gasteiger partial charge in [-0.3, -0.25) is 4.55 Å². The van der Waals surface area contributed by atoms with Crippen molar-refractivity contribution < 1.29 is 91.9 Å². The zero-order valence-electron chi connectivity index (χ0n) is 13.8. The Labute approximate surface area is 176 Å². The standard InChI is InChI=1S/C8H18.C4H6O7S.2Na/c1-3-5-7-8-6-4-2;5-3(6)1-2(4(7)8)12(9,10)11;;/h3-8H2,1-2H3;2H,1H2,(H,5,6)(H,7,8)(H,9,10,11);;/q;;2*+1/p-2. The molecule has 0 amide bonds. The summed E-state index contributed by atoms with van der Waals surface area (Å²) in [5.74, 6) is -4.08. The summed E-state index contributed by atoms with van der Waals surface area (Å²) in [7, 11) is -4.94. The smallest absolute Gasteiger partial charge is 0.550 e. The van der Waals surface area contributed by atoms with Crippen molar-refractivity contribution in [2.45, 2.75) is 64.0 Å². The van der Waals surface area contributed by atoms with Crippen LogP contribution in [0.1, 0.15) is 58.8 Å². The molecule has 0 fully saturated rings. The molecule has 0 aromatic rings. The zero-order valence-corrected chi connectivity index (χ0v) is 18.6. The SMILES string of the molecule is CCCCCCCC.O=C([O-])CC(C(=O)[O-])S(=O)(=O)O.[Na+].[Na+]. The number of carboxylic acids is 2.